The van der Waals surface area contributed by atoms with E-state index in [0.717, 1.165) is 12.1 Å². The van der Waals surface area contributed by atoms with Gasteiger partial charge in [-0.3, -0.25) is 20.4 Å². The molecule has 1 saturated heterocycles. The molecule has 1 aromatic rings. The van der Waals surface area contributed by atoms with Gasteiger partial charge in [-0.15, -0.1) is 0 Å². The van der Waals surface area contributed by atoms with Crippen LogP contribution in [0.2, 0.25) is 0 Å². The minimum atomic E-state index is -3.22. The Morgan fingerprint density at radius 3 is 2.24 bits per heavy atom. The van der Waals surface area contributed by atoms with E-state index in [-0.39, 0.29) is 23.5 Å². The first kappa shape index (κ1) is 15.4. The Labute approximate surface area is 119 Å². The SMILES string of the molecule is O=C(NNC(=O)[C@@H]1CCS(=O)(=O)C1)c1cc(F)cc(F)c1. The van der Waals surface area contributed by atoms with Crippen LogP contribution in [0.1, 0.15) is 16.8 Å². The van der Waals surface area contributed by atoms with E-state index >= 15 is 0 Å². The third kappa shape index (κ3) is 3.97. The number of carbonyl (C=O) groups is 2. The van der Waals surface area contributed by atoms with Crippen molar-refractivity contribution in [1.29, 1.82) is 0 Å². The Morgan fingerprint density at radius 1 is 1.10 bits per heavy atom. The molecule has 0 aliphatic carbocycles. The van der Waals surface area contributed by atoms with Crippen LogP contribution < -0.4 is 10.9 Å². The van der Waals surface area contributed by atoms with E-state index in [1.54, 1.807) is 0 Å². The van der Waals surface area contributed by atoms with Crippen LogP contribution >= 0.6 is 0 Å². The second kappa shape index (κ2) is 5.76. The number of nitrogens with one attached hydrogen (secondary N) is 2. The molecule has 9 heteroatoms. The van der Waals surface area contributed by atoms with Crippen LogP contribution in [0, 0.1) is 17.6 Å². The highest BCUT2D eigenvalue weighted by molar-refractivity contribution is 7.91. The topological polar surface area (TPSA) is 92.3 Å². The summed E-state index contributed by atoms with van der Waals surface area (Å²) in [5, 5.41) is 0. The van der Waals surface area contributed by atoms with E-state index in [2.05, 4.69) is 5.43 Å². The van der Waals surface area contributed by atoms with Crippen molar-refractivity contribution in [3.05, 3.63) is 35.4 Å². The molecule has 1 fully saturated rings. The van der Waals surface area contributed by atoms with E-state index in [9.17, 15) is 26.8 Å². The maximum Gasteiger partial charge on any atom is 0.269 e. The number of hydrazine groups is 1. The van der Waals surface area contributed by atoms with Gasteiger partial charge < -0.3 is 0 Å². The van der Waals surface area contributed by atoms with Gasteiger partial charge in [-0.1, -0.05) is 0 Å². The summed E-state index contributed by atoms with van der Waals surface area (Å²) in [4.78, 5) is 23.3. The van der Waals surface area contributed by atoms with Crippen LogP contribution in [0.5, 0.6) is 0 Å². The Hall–Kier alpha value is -2.03. The smallest absolute Gasteiger partial charge is 0.269 e. The fraction of sp³-hybridized carbons (Fsp3) is 0.333. The molecule has 2 N–H and O–H groups in total. The highest BCUT2D eigenvalue weighted by Gasteiger charge is 2.33. The average molecular weight is 318 g/mol. The Balaban J connectivity index is 1.93. The number of hydrogen-bond donors (Lipinski definition) is 2. The maximum absolute atomic E-state index is 12.9. The predicted octanol–water partition coefficient (Wildman–Crippen LogP) is 0.161. The fourth-order valence-electron chi connectivity index (χ4n) is 1.98. The zero-order valence-corrected chi connectivity index (χ0v) is 11.5. The molecule has 1 atom stereocenters. The molecule has 2 rings (SSSR count). The third-order valence-electron chi connectivity index (χ3n) is 3.03. The van der Waals surface area contributed by atoms with Crippen molar-refractivity contribution in [2.75, 3.05) is 11.5 Å². The van der Waals surface area contributed by atoms with Gasteiger partial charge in [-0.05, 0) is 18.6 Å². The molecular formula is C12H12F2N2O4S. The molecule has 2 amide bonds. The van der Waals surface area contributed by atoms with Crippen molar-refractivity contribution in [3.63, 3.8) is 0 Å². The van der Waals surface area contributed by atoms with Crippen LogP contribution in [-0.2, 0) is 14.6 Å². The van der Waals surface area contributed by atoms with Crippen molar-refractivity contribution in [1.82, 2.24) is 10.9 Å². The van der Waals surface area contributed by atoms with E-state index in [0.29, 0.717) is 6.07 Å². The van der Waals surface area contributed by atoms with Crippen molar-refractivity contribution < 1.29 is 26.8 Å². The Morgan fingerprint density at radius 2 is 1.71 bits per heavy atom. The highest BCUT2D eigenvalue weighted by atomic mass is 32.2. The molecule has 0 saturated carbocycles. The normalized spacial score (nSPS) is 20.0. The van der Waals surface area contributed by atoms with Crippen molar-refractivity contribution in [2.45, 2.75) is 6.42 Å². The van der Waals surface area contributed by atoms with E-state index in [4.69, 9.17) is 0 Å². The standard InChI is InChI=1S/C12H12F2N2O4S/c13-9-3-8(4-10(14)5-9)12(18)16-15-11(17)7-1-2-21(19,20)6-7/h3-5,7H,1-2,6H2,(H,15,17)(H,16,18)/t7-/m1/s1. The molecular weight excluding hydrogens is 306 g/mol. The second-order valence-corrected chi connectivity index (χ2v) is 6.93. The number of carbonyl (C=O) groups excluding carboxylic acids is 2. The molecule has 0 spiro atoms. The second-order valence-electron chi connectivity index (χ2n) is 4.70. The number of sulfone groups is 1. The molecule has 0 bridgehead atoms. The summed E-state index contributed by atoms with van der Waals surface area (Å²) in [6.07, 6.45) is 0.179. The molecule has 114 valence electrons. The van der Waals surface area contributed by atoms with Gasteiger partial charge in [0, 0.05) is 11.6 Å². The predicted molar refractivity (Wildman–Crippen MR) is 68.7 cm³/mol. The summed E-state index contributed by atoms with van der Waals surface area (Å²) >= 11 is 0. The largest absolute Gasteiger partial charge is 0.273 e. The molecule has 6 nitrogen and oxygen atoms in total. The summed E-state index contributed by atoms with van der Waals surface area (Å²) in [6, 6.07) is 2.23. The first-order valence-corrected chi connectivity index (χ1v) is 7.86. The summed E-state index contributed by atoms with van der Waals surface area (Å²) < 4.78 is 48.3. The lowest BCUT2D eigenvalue weighted by Crippen LogP contribution is -2.44. The average Bonchev–Trinajstić information content (AvgIpc) is 2.75. The minimum absolute atomic E-state index is 0.0753. The van der Waals surface area contributed by atoms with Gasteiger partial charge >= 0.3 is 0 Å². The lowest BCUT2D eigenvalue weighted by Gasteiger charge is -2.10. The number of halogens is 2. The molecule has 1 aromatic carbocycles. The molecule has 21 heavy (non-hydrogen) atoms. The van der Waals surface area contributed by atoms with E-state index in [1.165, 1.54) is 0 Å². The molecule has 0 aromatic heterocycles. The van der Waals surface area contributed by atoms with Gasteiger partial charge in [0.1, 0.15) is 11.6 Å². The van der Waals surface area contributed by atoms with Crippen LogP contribution in [0.3, 0.4) is 0 Å². The fourth-order valence-corrected chi connectivity index (χ4v) is 3.72. The first-order valence-electron chi connectivity index (χ1n) is 6.03. The number of amides is 2. The van der Waals surface area contributed by atoms with Gasteiger partial charge in [0.2, 0.25) is 5.91 Å². The third-order valence-corrected chi connectivity index (χ3v) is 4.80. The first-order chi connectivity index (χ1) is 9.77. The molecule has 0 radical (unpaired) electrons. The van der Waals surface area contributed by atoms with Gasteiger partial charge in [-0.2, -0.15) is 0 Å². The zero-order valence-electron chi connectivity index (χ0n) is 10.7. The minimum Gasteiger partial charge on any atom is -0.273 e. The molecule has 0 unspecified atom stereocenters. The molecule has 1 heterocycles. The van der Waals surface area contributed by atoms with Crippen molar-refractivity contribution in [2.24, 2.45) is 5.92 Å². The van der Waals surface area contributed by atoms with Crippen LogP contribution in [0.15, 0.2) is 18.2 Å². The highest BCUT2D eigenvalue weighted by Crippen LogP contribution is 2.18. The monoisotopic (exact) mass is 318 g/mol. The maximum atomic E-state index is 12.9. The summed E-state index contributed by atoms with van der Waals surface area (Å²) in [5.74, 6) is -4.48. The lowest BCUT2D eigenvalue weighted by molar-refractivity contribution is -0.125. The van der Waals surface area contributed by atoms with Crippen LogP contribution in [0.4, 0.5) is 8.78 Å². The molecule has 1 aliphatic rings. The van der Waals surface area contributed by atoms with Gasteiger partial charge in [-0.25, -0.2) is 17.2 Å². The van der Waals surface area contributed by atoms with Gasteiger partial charge in [0.25, 0.3) is 5.91 Å². The van der Waals surface area contributed by atoms with Crippen molar-refractivity contribution in [3.8, 4) is 0 Å². The number of rotatable bonds is 2. The van der Waals surface area contributed by atoms with Gasteiger partial charge in [0.15, 0.2) is 9.84 Å². The van der Waals surface area contributed by atoms with Crippen LogP contribution in [0.25, 0.3) is 0 Å². The Bertz CT molecular complexity index is 670. The van der Waals surface area contributed by atoms with Crippen LogP contribution in [-0.4, -0.2) is 31.7 Å². The lowest BCUT2D eigenvalue weighted by atomic mass is 10.1. The number of hydrogen-bond acceptors (Lipinski definition) is 4. The summed E-state index contributed by atoms with van der Waals surface area (Å²) in [5.41, 5.74) is 3.74. The zero-order chi connectivity index (χ0) is 15.6. The molecule has 1 aliphatic heterocycles. The quantitative estimate of drug-likeness (QED) is 0.760. The van der Waals surface area contributed by atoms with E-state index in [1.807, 2.05) is 5.43 Å². The van der Waals surface area contributed by atoms with Gasteiger partial charge in [0.05, 0.1) is 17.4 Å². The van der Waals surface area contributed by atoms with E-state index < -0.39 is 39.2 Å². The number of benzene rings is 1. The summed E-state index contributed by atoms with van der Waals surface area (Å²) in [6.45, 7) is 0. The summed E-state index contributed by atoms with van der Waals surface area (Å²) in [7, 11) is -3.22. The van der Waals surface area contributed by atoms with Crippen molar-refractivity contribution >= 4 is 21.7 Å². The Kier molecular flexibility index (Phi) is 4.21.